The number of carbonyl (C=O) groups is 2. The summed E-state index contributed by atoms with van der Waals surface area (Å²) in [7, 11) is 0. The molecule has 2 amide bonds. The zero-order chi connectivity index (χ0) is 14.7. The third kappa shape index (κ3) is 3.43. The number of carbonyl (C=O) groups excluding carboxylic acids is 2. The molecule has 0 spiro atoms. The van der Waals surface area contributed by atoms with E-state index >= 15 is 0 Å². The quantitative estimate of drug-likeness (QED) is 0.884. The van der Waals surface area contributed by atoms with Crippen molar-refractivity contribution in [3.63, 3.8) is 0 Å². The summed E-state index contributed by atoms with van der Waals surface area (Å²) in [5, 5.41) is 7.37. The highest BCUT2D eigenvalue weighted by atomic mass is 32.1. The highest BCUT2D eigenvalue weighted by Crippen LogP contribution is 2.28. The van der Waals surface area contributed by atoms with Crippen LogP contribution in [0.4, 0.5) is 5.69 Å². The molecule has 0 aromatic carbocycles. The first-order valence-corrected chi connectivity index (χ1v) is 7.55. The van der Waals surface area contributed by atoms with Crippen molar-refractivity contribution >= 4 is 28.8 Å². The number of amides is 2. The van der Waals surface area contributed by atoms with Crippen molar-refractivity contribution in [2.75, 3.05) is 11.9 Å². The molecule has 6 nitrogen and oxygen atoms in total. The van der Waals surface area contributed by atoms with Crippen molar-refractivity contribution in [1.29, 1.82) is 0 Å². The van der Waals surface area contributed by atoms with Gasteiger partial charge in [-0.05, 0) is 30.2 Å². The number of anilines is 1. The van der Waals surface area contributed by atoms with Gasteiger partial charge in [0.25, 0.3) is 11.8 Å². The van der Waals surface area contributed by atoms with Gasteiger partial charge in [-0.1, -0.05) is 0 Å². The second kappa shape index (κ2) is 6.01. The van der Waals surface area contributed by atoms with Gasteiger partial charge >= 0.3 is 0 Å². The van der Waals surface area contributed by atoms with E-state index in [1.165, 1.54) is 42.8 Å². The van der Waals surface area contributed by atoms with Crippen LogP contribution >= 0.6 is 11.3 Å². The van der Waals surface area contributed by atoms with Crippen LogP contribution in [0.3, 0.4) is 0 Å². The molecule has 21 heavy (non-hydrogen) atoms. The van der Waals surface area contributed by atoms with E-state index in [4.69, 9.17) is 0 Å². The van der Waals surface area contributed by atoms with Crippen molar-refractivity contribution in [2.45, 2.75) is 12.8 Å². The summed E-state index contributed by atoms with van der Waals surface area (Å²) < 4.78 is 0. The van der Waals surface area contributed by atoms with Crippen LogP contribution in [0, 0.1) is 5.92 Å². The number of hydrogen-bond donors (Lipinski definition) is 2. The fourth-order valence-corrected chi connectivity index (χ4v) is 2.59. The summed E-state index contributed by atoms with van der Waals surface area (Å²) in [6, 6.07) is 1.71. The summed E-state index contributed by atoms with van der Waals surface area (Å²) in [5.74, 6) is 0.0932. The number of hydrogen-bond acceptors (Lipinski definition) is 5. The molecule has 2 N–H and O–H groups in total. The van der Waals surface area contributed by atoms with Gasteiger partial charge in [0.2, 0.25) is 0 Å². The van der Waals surface area contributed by atoms with Gasteiger partial charge in [-0.15, -0.1) is 11.3 Å². The highest BCUT2D eigenvalue weighted by Gasteiger charge is 2.23. The Morgan fingerprint density at radius 1 is 1.29 bits per heavy atom. The molecule has 0 atom stereocenters. The maximum atomic E-state index is 12.1. The SMILES string of the molecule is O=C(Nc1ccsc1C(=O)NCC1CC1)c1cnccn1. The van der Waals surface area contributed by atoms with Crippen molar-refractivity contribution in [1.82, 2.24) is 15.3 Å². The van der Waals surface area contributed by atoms with Crippen LogP contribution in [0.15, 0.2) is 30.0 Å². The topological polar surface area (TPSA) is 84.0 Å². The average molecular weight is 302 g/mol. The molecule has 2 aromatic rings. The number of nitrogens with zero attached hydrogens (tertiary/aromatic N) is 2. The molecule has 0 unspecified atom stereocenters. The minimum Gasteiger partial charge on any atom is -0.351 e. The summed E-state index contributed by atoms with van der Waals surface area (Å²) in [6.07, 6.45) is 6.69. The standard InChI is InChI=1S/C14H14N4O2S/c19-13(11-8-15-4-5-16-11)18-10-3-6-21-12(10)14(20)17-7-9-1-2-9/h3-6,8-9H,1-2,7H2,(H,17,20)(H,18,19). The minimum absolute atomic E-state index is 0.147. The summed E-state index contributed by atoms with van der Waals surface area (Å²) in [5.41, 5.74) is 0.719. The summed E-state index contributed by atoms with van der Waals surface area (Å²) >= 11 is 1.30. The van der Waals surface area contributed by atoms with E-state index in [2.05, 4.69) is 20.6 Å². The van der Waals surface area contributed by atoms with Gasteiger partial charge in [0.05, 0.1) is 11.9 Å². The fraction of sp³-hybridized carbons (Fsp3) is 0.286. The van der Waals surface area contributed by atoms with E-state index in [9.17, 15) is 9.59 Å². The molecule has 0 aliphatic heterocycles. The number of aromatic nitrogens is 2. The molecular formula is C14H14N4O2S. The maximum Gasteiger partial charge on any atom is 0.275 e. The highest BCUT2D eigenvalue weighted by molar-refractivity contribution is 7.12. The third-order valence-electron chi connectivity index (χ3n) is 3.16. The number of nitrogens with one attached hydrogen (secondary N) is 2. The van der Waals surface area contributed by atoms with Crippen molar-refractivity contribution in [2.24, 2.45) is 5.92 Å². The number of rotatable bonds is 5. The zero-order valence-corrected chi connectivity index (χ0v) is 12.0. The molecule has 1 fully saturated rings. The van der Waals surface area contributed by atoms with Crippen LogP contribution in [0.1, 0.15) is 33.0 Å². The van der Waals surface area contributed by atoms with Gasteiger partial charge in [-0.25, -0.2) is 4.98 Å². The van der Waals surface area contributed by atoms with E-state index in [0.717, 1.165) is 0 Å². The van der Waals surface area contributed by atoms with E-state index in [0.29, 0.717) is 23.0 Å². The van der Waals surface area contributed by atoms with E-state index in [1.54, 1.807) is 11.4 Å². The molecule has 0 bridgehead atoms. The lowest BCUT2D eigenvalue weighted by molar-refractivity contribution is 0.0956. The largest absolute Gasteiger partial charge is 0.351 e. The first-order chi connectivity index (χ1) is 10.2. The maximum absolute atomic E-state index is 12.1. The monoisotopic (exact) mass is 302 g/mol. The smallest absolute Gasteiger partial charge is 0.275 e. The lowest BCUT2D eigenvalue weighted by Crippen LogP contribution is -2.26. The Kier molecular flexibility index (Phi) is 3.92. The predicted molar refractivity (Wildman–Crippen MR) is 79.4 cm³/mol. The second-order valence-corrected chi connectivity index (χ2v) is 5.78. The van der Waals surface area contributed by atoms with Gasteiger partial charge in [0.1, 0.15) is 10.6 Å². The Hall–Kier alpha value is -2.28. The Bertz CT molecular complexity index is 652. The molecule has 2 aromatic heterocycles. The molecule has 7 heteroatoms. The molecular weight excluding hydrogens is 288 g/mol. The lowest BCUT2D eigenvalue weighted by Gasteiger charge is -2.06. The molecule has 1 saturated carbocycles. The first kappa shape index (κ1) is 13.7. The van der Waals surface area contributed by atoms with E-state index in [-0.39, 0.29) is 17.5 Å². The van der Waals surface area contributed by atoms with Crippen LogP contribution in [-0.4, -0.2) is 28.3 Å². The molecule has 0 saturated heterocycles. The van der Waals surface area contributed by atoms with Crippen LogP contribution in [-0.2, 0) is 0 Å². The van der Waals surface area contributed by atoms with Gasteiger partial charge in [-0.2, -0.15) is 0 Å². The second-order valence-electron chi connectivity index (χ2n) is 4.86. The first-order valence-electron chi connectivity index (χ1n) is 6.67. The minimum atomic E-state index is -0.377. The lowest BCUT2D eigenvalue weighted by atomic mass is 10.3. The van der Waals surface area contributed by atoms with Crippen LogP contribution in [0.2, 0.25) is 0 Å². The van der Waals surface area contributed by atoms with Crippen molar-refractivity contribution < 1.29 is 9.59 Å². The molecule has 1 aliphatic rings. The zero-order valence-electron chi connectivity index (χ0n) is 11.2. The van der Waals surface area contributed by atoms with Crippen LogP contribution in [0.25, 0.3) is 0 Å². The summed E-state index contributed by atoms with van der Waals surface area (Å²) in [4.78, 5) is 32.4. The van der Waals surface area contributed by atoms with Gasteiger partial charge in [0, 0.05) is 18.9 Å². The molecule has 3 rings (SSSR count). The van der Waals surface area contributed by atoms with Crippen LogP contribution < -0.4 is 10.6 Å². The molecule has 2 heterocycles. The van der Waals surface area contributed by atoms with Gasteiger partial charge in [-0.3, -0.25) is 14.6 Å². The number of thiophene rings is 1. The van der Waals surface area contributed by atoms with Gasteiger partial charge in [0.15, 0.2) is 0 Å². The third-order valence-corrected chi connectivity index (χ3v) is 4.08. The summed E-state index contributed by atoms with van der Waals surface area (Å²) in [6.45, 7) is 0.703. The van der Waals surface area contributed by atoms with Gasteiger partial charge < -0.3 is 10.6 Å². The van der Waals surface area contributed by atoms with Crippen molar-refractivity contribution in [3.8, 4) is 0 Å². The molecule has 108 valence electrons. The Morgan fingerprint density at radius 2 is 2.14 bits per heavy atom. The normalized spacial score (nSPS) is 13.7. The Labute approximate surface area is 125 Å². The Morgan fingerprint density at radius 3 is 2.86 bits per heavy atom. The fourth-order valence-electron chi connectivity index (χ4n) is 1.83. The predicted octanol–water partition coefficient (Wildman–Crippen LogP) is 1.93. The van der Waals surface area contributed by atoms with Crippen molar-refractivity contribution in [3.05, 3.63) is 40.6 Å². The van der Waals surface area contributed by atoms with E-state index in [1.807, 2.05) is 0 Å². The Balaban J connectivity index is 1.67. The molecule has 0 radical (unpaired) electrons. The van der Waals surface area contributed by atoms with Crippen LogP contribution in [0.5, 0.6) is 0 Å². The van der Waals surface area contributed by atoms with E-state index < -0.39 is 0 Å². The molecule has 1 aliphatic carbocycles. The average Bonchev–Trinajstić information content (AvgIpc) is 3.23.